The molecule has 1 aliphatic carbocycles. The number of benzene rings is 1. The Morgan fingerprint density at radius 1 is 1.20 bits per heavy atom. The summed E-state index contributed by atoms with van der Waals surface area (Å²) in [5.41, 5.74) is 0. The first-order valence-electron chi connectivity index (χ1n) is 7.58. The summed E-state index contributed by atoms with van der Waals surface area (Å²) < 4.78 is 17.8. The molecule has 110 valence electrons. The highest BCUT2D eigenvalue weighted by Gasteiger charge is 2.31. The van der Waals surface area contributed by atoms with Gasteiger partial charge in [0.25, 0.3) is 0 Å². The largest absolute Gasteiger partial charge is 0.381 e. The third-order valence-corrected chi connectivity index (χ3v) is 5.50. The normalized spacial score (nSPS) is 24.1. The summed E-state index contributed by atoms with van der Waals surface area (Å²) in [5, 5.41) is 0. The SMILES string of the molecule is O=[S@@](CCN(C[C@H]1CCOC1)C1CC1)c1ccccc1. The van der Waals surface area contributed by atoms with Gasteiger partial charge < -0.3 is 4.74 Å². The first-order chi connectivity index (χ1) is 9.83. The van der Waals surface area contributed by atoms with Crippen LogP contribution in [0.4, 0.5) is 0 Å². The van der Waals surface area contributed by atoms with Crippen LogP contribution in [0.15, 0.2) is 35.2 Å². The first kappa shape index (κ1) is 14.2. The van der Waals surface area contributed by atoms with E-state index in [0.29, 0.717) is 5.92 Å². The third kappa shape index (κ3) is 3.90. The molecule has 1 aromatic rings. The van der Waals surface area contributed by atoms with Gasteiger partial charge in [-0.1, -0.05) is 18.2 Å². The Morgan fingerprint density at radius 2 is 2.00 bits per heavy atom. The minimum absolute atomic E-state index is 0.681. The molecule has 1 saturated carbocycles. The van der Waals surface area contributed by atoms with Crippen LogP contribution in [-0.4, -0.2) is 47.2 Å². The highest BCUT2D eigenvalue weighted by atomic mass is 32.2. The lowest BCUT2D eigenvalue weighted by atomic mass is 10.1. The van der Waals surface area contributed by atoms with Crippen molar-refractivity contribution in [3.05, 3.63) is 30.3 Å². The molecule has 0 amide bonds. The van der Waals surface area contributed by atoms with Gasteiger partial charge in [0.1, 0.15) is 0 Å². The van der Waals surface area contributed by atoms with Crippen molar-refractivity contribution in [2.45, 2.75) is 30.2 Å². The van der Waals surface area contributed by atoms with E-state index >= 15 is 0 Å². The minimum Gasteiger partial charge on any atom is -0.381 e. The topological polar surface area (TPSA) is 29.5 Å². The molecule has 0 bridgehead atoms. The fraction of sp³-hybridized carbons (Fsp3) is 0.625. The lowest BCUT2D eigenvalue weighted by Gasteiger charge is -2.24. The van der Waals surface area contributed by atoms with Crippen LogP contribution < -0.4 is 0 Å². The van der Waals surface area contributed by atoms with E-state index in [1.807, 2.05) is 30.3 Å². The van der Waals surface area contributed by atoms with Gasteiger partial charge >= 0.3 is 0 Å². The first-order valence-corrected chi connectivity index (χ1v) is 8.90. The van der Waals surface area contributed by atoms with Gasteiger partial charge in [0.05, 0.1) is 17.4 Å². The second-order valence-corrected chi connectivity index (χ2v) is 7.39. The average molecular weight is 293 g/mol. The van der Waals surface area contributed by atoms with Crippen molar-refractivity contribution in [3.63, 3.8) is 0 Å². The fourth-order valence-corrected chi connectivity index (χ4v) is 3.91. The Balaban J connectivity index is 1.50. The Kier molecular flexibility index (Phi) is 4.86. The predicted octanol–water partition coefficient (Wildman–Crippen LogP) is 2.30. The Morgan fingerprint density at radius 3 is 2.65 bits per heavy atom. The molecule has 0 aromatic heterocycles. The van der Waals surface area contributed by atoms with Gasteiger partial charge in [-0.15, -0.1) is 0 Å². The van der Waals surface area contributed by atoms with E-state index in [9.17, 15) is 4.21 Å². The van der Waals surface area contributed by atoms with Gasteiger partial charge in [0, 0.05) is 36.4 Å². The molecule has 0 radical (unpaired) electrons. The molecule has 2 aliphatic rings. The molecule has 0 spiro atoms. The van der Waals surface area contributed by atoms with Crippen molar-refractivity contribution in [1.82, 2.24) is 4.90 Å². The molecular weight excluding hydrogens is 270 g/mol. The zero-order valence-corrected chi connectivity index (χ0v) is 12.7. The molecule has 3 nitrogen and oxygen atoms in total. The molecule has 2 fully saturated rings. The second-order valence-electron chi connectivity index (χ2n) is 5.82. The molecule has 4 heteroatoms. The summed E-state index contributed by atoms with van der Waals surface area (Å²) in [6.45, 7) is 3.89. The molecule has 1 heterocycles. The van der Waals surface area contributed by atoms with Gasteiger partial charge in [-0.05, 0) is 37.3 Å². The Bertz CT molecular complexity index is 441. The lowest BCUT2D eigenvalue weighted by molar-refractivity contribution is 0.167. The number of rotatable bonds is 7. The molecule has 0 N–H and O–H groups in total. The summed E-state index contributed by atoms with van der Waals surface area (Å²) in [6, 6.07) is 10.6. The van der Waals surface area contributed by atoms with E-state index < -0.39 is 10.8 Å². The van der Waals surface area contributed by atoms with Gasteiger partial charge in [0.15, 0.2) is 0 Å². The molecule has 1 aromatic carbocycles. The molecule has 20 heavy (non-hydrogen) atoms. The number of hydrogen-bond donors (Lipinski definition) is 0. The highest BCUT2D eigenvalue weighted by Crippen LogP contribution is 2.28. The van der Waals surface area contributed by atoms with Crippen molar-refractivity contribution >= 4 is 10.8 Å². The quantitative estimate of drug-likeness (QED) is 0.772. The van der Waals surface area contributed by atoms with Gasteiger partial charge in [-0.25, -0.2) is 0 Å². The maximum absolute atomic E-state index is 12.3. The zero-order chi connectivity index (χ0) is 13.8. The van der Waals surface area contributed by atoms with Crippen LogP contribution in [0.25, 0.3) is 0 Å². The van der Waals surface area contributed by atoms with E-state index in [2.05, 4.69) is 4.90 Å². The van der Waals surface area contributed by atoms with Crippen molar-refractivity contribution in [2.75, 3.05) is 32.1 Å². The van der Waals surface area contributed by atoms with Crippen LogP contribution >= 0.6 is 0 Å². The van der Waals surface area contributed by atoms with E-state index in [0.717, 1.165) is 43.0 Å². The fourth-order valence-electron chi connectivity index (χ4n) is 2.81. The summed E-state index contributed by atoms with van der Waals surface area (Å²) in [6.07, 6.45) is 3.81. The van der Waals surface area contributed by atoms with E-state index in [-0.39, 0.29) is 0 Å². The van der Waals surface area contributed by atoms with E-state index in [1.165, 1.54) is 19.3 Å². The number of hydrogen-bond acceptors (Lipinski definition) is 3. The maximum atomic E-state index is 12.3. The van der Waals surface area contributed by atoms with Crippen LogP contribution in [0.1, 0.15) is 19.3 Å². The zero-order valence-electron chi connectivity index (χ0n) is 11.9. The monoisotopic (exact) mass is 293 g/mol. The smallest absolute Gasteiger partial charge is 0.0542 e. The lowest BCUT2D eigenvalue weighted by Crippen LogP contribution is -2.35. The molecule has 3 rings (SSSR count). The van der Waals surface area contributed by atoms with Crippen LogP contribution in [-0.2, 0) is 15.5 Å². The van der Waals surface area contributed by atoms with Crippen LogP contribution in [0.2, 0.25) is 0 Å². The molecule has 1 saturated heterocycles. The number of ether oxygens (including phenoxy) is 1. The van der Waals surface area contributed by atoms with Crippen LogP contribution in [0.5, 0.6) is 0 Å². The Labute approximate surface area is 123 Å². The van der Waals surface area contributed by atoms with Crippen LogP contribution in [0.3, 0.4) is 0 Å². The summed E-state index contributed by atoms with van der Waals surface area (Å²) in [7, 11) is -0.869. The third-order valence-electron chi connectivity index (χ3n) is 4.15. The summed E-state index contributed by atoms with van der Waals surface area (Å²) in [4.78, 5) is 3.49. The average Bonchev–Trinajstić information content (AvgIpc) is 3.21. The van der Waals surface area contributed by atoms with Crippen molar-refractivity contribution in [2.24, 2.45) is 5.92 Å². The van der Waals surface area contributed by atoms with Crippen LogP contribution in [0, 0.1) is 5.92 Å². The summed E-state index contributed by atoms with van der Waals surface area (Å²) in [5.74, 6) is 1.43. The van der Waals surface area contributed by atoms with Gasteiger partial charge in [0.2, 0.25) is 0 Å². The van der Waals surface area contributed by atoms with Gasteiger partial charge in [-0.2, -0.15) is 0 Å². The molecular formula is C16H23NO2S. The molecule has 1 aliphatic heterocycles. The standard InChI is InChI=1S/C16H23NO2S/c18-20(16-4-2-1-3-5-16)11-9-17(15-6-7-15)12-14-8-10-19-13-14/h1-5,14-15H,6-13H2/t14-,20+/m1/s1. The van der Waals surface area contributed by atoms with Crippen molar-refractivity contribution in [3.8, 4) is 0 Å². The number of nitrogens with zero attached hydrogens (tertiary/aromatic N) is 1. The maximum Gasteiger partial charge on any atom is 0.0542 e. The summed E-state index contributed by atoms with van der Waals surface area (Å²) >= 11 is 0. The predicted molar refractivity (Wildman–Crippen MR) is 81.2 cm³/mol. The highest BCUT2D eigenvalue weighted by molar-refractivity contribution is 7.85. The molecule has 2 atom stereocenters. The van der Waals surface area contributed by atoms with E-state index in [1.54, 1.807) is 0 Å². The van der Waals surface area contributed by atoms with Gasteiger partial charge in [-0.3, -0.25) is 9.11 Å². The van der Waals surface area contributed by atoms with Crippen molar-refractivity contribution < 1.29 is 8.95 Å². The minimum atomic E-state index is -0.869. The Hall–Kier alpha value is -0.710. The molecule has 0 unspecified atom stereocenters. The second kappa shape index (κ2) is 6.83. The van der Waals surface area contributed by atoms with E-state index in [4.69, 9.17) is 4.74 Å². The van der Waals surface area contributed by atoms with Crippen molar-refractivity contribution in [1.29, 1.82) is 0 Å².